The number of nitrogens with one attached hydrogen (secondary N) is 2. The Morgan fingerprint density at radius 2 is 2.58 bits per heavy atom. The van der Waals surface area contributed by atoms with E-state index in [1.807, 2.05) is 0 Å². The van der Waals surface area contributed by atoms with Crippen LogP contribution in [0.15, 0.2) is 17.3 Å². The van der Waals surface area contributed by atoms with Gasteiger partial charge >= 0.3 is 0 Å². The molecule has 0 saturated carbocycles. The predicted molar refractivity (Wildman–Crippen MR) is 45.7 cm³/mol. The summed E-state index contributed by atoms with van der Waals surface area (Å²) in [5.74, 6) is 5.47. The van der Waals surface area contributed by atoms with Crippen LogP contribution in [-0.2, 0) is 0 Å². The van der Waals surface area contributed by atoms with Crippen LogP contribution in [-0.4, -0.2) is 23.6 Å². The number of aromatic nitrogens is 2. The molecule has 0 amide bonds. The third-order valence-electron chi connectivity index (χ3n) is 1.21. The largest absolute Gasteiger partial charge is 0.312 e. The first-order chi connectivity index (χ1) is 5.84. The van der Waals surface area contributed by atoms with Crippen molar-refractivity contribution in [1.29, 1.82) is 0 Å². The van der Waals surface area contributed by atoms with Crippen LogP contribution in [0.1, 0.15) is 5.56 Å². The van der Waals surface area contributed by atoms with Gasteiger partial charge in [-0.3, -0.25) is 4.79 Å². The quantitative estimate of drug-likeness (QED) is 0.540. The Kier molecular flexibility index (Phi) is 3.05. The lowest BCUT2D eigenvalue weighted by molar-refractivity contribution is 0.938. The second kappa shape index (κ2) is 4.31. The van der Waals surface area contributed by atoms with Crippen molar-refractivity contribution in [2.45, 2.75) is 0 Å². The molecular formula is C8H9N3O. The molecule has 0 unspecified atom stereocenters. The van der Waals surface area contributed by atoms with Gasteiger partial charge in [0.1, 0.15) is 5.56 Å². The van der Waals surface area contributed by atoms with Gasteiger partial charge in [-0.15, -0.1) is 0 Å². The first-order valence-corrected chi connectivity index (χ1v) is 3.50. The lowest BCUT2D eigenvalue weighted by atomic mass is 10.3. The number of rotatable bonds is 1. The Hall–Kier alpha value is -1.60. The standard InChI is InChI=1S/C8H9N3O/c1-9-4-2-3-7-5-10-6-11-8(7)12/h5-6,9H,4H2,1H3,(H,10,11,12). The highest BCUT2D eigenvalue weighted by Gasteiger charge is 1.90. The summed E-state index contributed by atoms with van der Waals surface area (Å²) in [5, 5.41) is 2.85. The summed E-state index contributed by atoms with van der Waals surface area (Å²) in [4.78, 5) is 17.2. The van der Waals surface area contributed by atoms with Gasteiger partial charge in [0.2, 0.25) is 0 Å². The number of aromatic amines is 1. The van der Waals surface area contributed by atoms with Crippen molar-refractivity contribution >= 4 is 0 Å². The molecule has 1 heterocycles. The van der Waals surface area contributed by atoms with Gasteiger partial charge < -0.3 is 10.3 Å². The summed E-state index contributed by atoms with van der Waals surface area (Å²) < 4.78 is 0. The number of hydrogen-bond donors (Lipinski definition) is 2. The molecule has 0 spiro atoms. The molecule has 12 heavy (non-hydrogen) atoms. The molecule has 1 aromatic heterocycles. The van der Waals surface area contributed by atoms with Gasteiger partial charge in [0.15, 0.2) is 0 Å². The van der Waals surface area contributed by atoms with E-state index in [9.17, 15) is 4.79 Å². The van der Waals surface area contributed by atoms with Crippen LogP contribution < -0.4 is 10.9 Å². The molecule has 0 atom stereocenters. The van der Waals surface area contributed by atoms with Gasteiger partial charge in [-0.1, -0.05) is 11.8 Å². The smallest absolute Gasteiger partial charge is 0.266 e. The van der Waals surface area contributed by atoms with Crippen LogP contribution in [0.5, 0.6) is 0 Å². The summed E-state index contributed by atoms with van der Waals surface area (Å²) in [6.45, 7) is 0.564. The molecule has 0 fully saturated rings. The van der Waals surface area contributed by atoms with Crippen molar-refractivity contribution < 1.29 is 0 Å². The molecule has 0 bridgehead atoms. The molecule has 0 aliphatic heterocycles. The molecule has 0 saturated heterocycles. The second-order valence-electron chi connectivity index (χ2n) is 2.13. The minimum Gasteiger partial charge on any atom is -0.312 e. The fraction of sp³-hybridized carbons (Fsp3) is 0.250. The van der Waals surface area contributed by atoms with Crippen LogP contribution >= 0.6 is 0 Å². The monoisotopic (exact) mass is 163 g/mol. The van der Waals surface area contributed by atoms with E-state index in [0.29, 0.717) is 12.1 Å². The zero-order valence-corrected chi connectivity index (χ0v) is 6.72. The van der Waals surface area contributed by atoms with Gasteiger partial charge in [0, 0.05) is 6.20 Å². The van der Waals surface area contributed by atoms with E-state index in [4.69, 9.17) is 0 Å². The molecule has 0 aliphatic carbocycles. The third kappa shape index (κ3) is 2.22. The summed E-state index contributed by atoms with van der Waals surface area (Å²) in [7, 11) is 1.79. The lowest BCUT2D eigenvalue weighted by Crippen LogP contribution is -2.10. The predicted octanol–water partition coefficient (Wildman–Crippen LogP) is -0.659. The van der Waals surface area contributed by atoms with Crippen LogP contribution in [0.4, 0.5) is 0 Å². The Bertz CT molecular complexity index is 358. The van der Waals surface area contributed by atoms with E-state index >= 15 is 0 Å². The average molecular weight is 163 g/mol. The van der Waals surface area contributed by atoms with Gasteiger partial charge in [-0.05, 0) is 7.05 Å². The minimum absolute atomic E-state index is 0.200. The lowest BCUT2D eigenvalue weighted by Gasteiger charge is -1.86. The molecule has 4 nitrogen and oxygen atoms in total. The maximum Gasteiger partial charge on any atom is 0.266 e. The Morgan fingerprint density at radius 3 is 3.25 bits per heavy atom. The van der Waals surface area contributed by atoms with Gasteiger partial charge in [-0.2, -0.15) is 0 Å². The summed E-state index contributed by atoms with van der Waals surface area (Å²) in [6, 6.07) is 0. The number of nitrogens with zero attached hydrogens (tertiary/aromatic N) is 1. The van der Waals surface area contributed by atoms with E-state index in [1.54, 1.807) is 7.05 Å². The normalized spacial score (nSPS) is 8.75. The summed E-state index contributed by atoms with van der Waals surface area (Å²) in [5.41, 5.74) is 0.196. The molecule has 0 aliphatic rings. The second-order valence-corrected chi connectivity index (χ2v) is 2.13. The highest BCUT2D eigenvalue weighted by Crippen LogP contribution is 1.79. The van der Waals surface area contributed by atoms with Crippen LogP contribution in [0.2, 0.25) is 0 Å². The first-order valence-electron chi connectivity index (χ1n) is 3.50. The first kappa shape index (κ1) is 8.50. The molecule has 4 heteroatoms. The van der Waals surface area contributed by atoms with E-state index in [-0.39, 0.29) is 5.56 Å². The van der Waals surface area contributed by atoms with E-state index in [0.717, 1.165) is 0 Å². The fourth-order valence-electron chi connectivity index (χ4n) is 0.661. The highest BCUT2D eigenvalue weighted by molar-refractivity contribution is 5.29. The summed E-state index contributed by atoms with van der Waals surface area (Å²) >= 11 is 0. The SMILES string of the molecule is CNCC#Cc1cnc[nH]c1=O. The zero-order valence-electron chi connectivity index (χ0n) is 6.72. The van der Waals surface area contributed by atoms with Crippen molar-refractivity contribution in [1.82, 2.24) is 15.3 Å². The van der Waals surface area contributed by atoms with Gasteiger partial charge in [0.05, 0.1) is 12.9 Å². The Morgan fingerprint density at radius 1 is 1.75 bits per heavy atom. The van der Waals surface area contributed by atoms with Crippen molar-refractivity contribution in [2.75, 3.05) is 13.6 Å². The highest BCUT2D eigenvalue weighted by atomic mass is 16.1. The number of H-pyrrole nitrogens is 1. The van der Waals surface area contributed by atoms with Crippen molar-refractivity contribution in [3.63, 3.8) is 0 Å². The van der Waals surface area contributed by atoms with Gasteiger partial charge in [0.25, 0.3) is 5.56 Å². The zero-order chi connectivity index (χ0) is 8.81. The van der Waals surface area contributed by atoms with E-state index < -0.39 is 0 Å². The molecule has 62 valence electrons. The average Bonchev–Trinajstić information content (AvgIpc) is 2.09. The molecule has 0 radical (unpaired) electrons. The van der Waals surface area contributed by atoms with E-state index in [1.165, 1.54) is 12.5 Å². The van der Waals surface area contributed by atoms with Crippen LogP contribution in [0.25, 0.3) is 0 Å². The fourth-order valence-corrected chi connectivity index (χ4v) is 0.661. The molecule has 0 aromatic carbocycles. The van der Waals surface area contributed by atoms with Crippen molar-refractivity contribution in [3.8, 4) is 11.8 Å². The minimum atomic E-state index is -0.200. The van der Waals surface area contributed by atoms with E-state index in [2.05, 4.69) is 27.1 Å². The summed E-state index contributed by atoms with van der Waals surface area (Å²) in [6.07, 6.45) is 2.78. The third-order valence-corrected chi connectivity index (χ3v) is 1.21. The Labute approximate surface area is 70.0 Å². The molecule has 1 aromatic rings. The van der Waals surface area contributed by atoms with Crippen molar-refractivity contribution in [3.05, 3.63) is 28.4 Å². The maximum absolute atomic E-state index is 11.0. The van der Waals surface area contributed by atoms with Gasteiger partial charge in [-0.25, -0.2) is 4.98 Å². The van der Waals surface area contributed by atoms with Crippen LogP contribution in [0, 0.1) is 11.8 Å². The Balaban J connectivity index is 2.85. The van der Waals surface area contributed by atoms with Crippen LogP contribution in [0.3, 0.4) is 0 Å². The van der Waals surface area contributed by atoms with Crippen molar-refractivity contribution in [2.24, 2.45) is 0 Å². The number of hydrogen-bond acceptors (Lipinski definition) is 3. The molecule has 1 rings (SSSR count). The topological polar surface area (TPSA) is 57.8 Å². The molecule has 2 N–H and O–H groups in total. The molecular weight excluding hydrogens is 154 g/mol. The maximum atomic E-state index is 11.0.